The molecule has 3 aliphatic rings. The van der Waals surface area contributed by atoms with Gasteiger partial charge in [0.1, 0.15) is 0 Å². The molecule has 2 aromatic carbocycles. The van der Waals surface area contributed by atoms with Gasteiger partial charge < -0.3 is 19.3 Å². The summed E-state index contributed by atoms with van der Waals surface area (Å²) in [6.07, 6.45) is 9.90. The number of nitrogens with zero attached hydrogens (tertiary/aromatic N) is 3. The molecule has 6 nitrogen and oxygen atoms in total. The molecule has 0 amide bonds. The van der Waals surface area contributed by atoms with Gasteiger partial charge in [0.25, 0.3) is 0 Å². The Hall–Kier alpha value is -2.54. The molecule has 0 radical (unpaired) electrons. The van der Waals surface area contributed by atoms with E-state index in [1.165, 1.54) is 79.3 Å². The minimum atomic E-state index is -0.874. The molecule has 39 heavy (non-hydrogen) atoms. The number of aromatic nitrogens is 1. The molecular formula is C32H40ClN3O3. The van der Waals surface area contributed by atoms with E-state index < -0.39 is 5.97 Å². The average Bonchev–Trinajstić information content (AvgIpc) is 3.19. The second-order valence-electron chi connectivity index (χ2n) is 11.6. The third-order valence-corrected chi connectivity index (χ3v) is 9.51. The molecule has 0 spiro atoms. The zero-order valence-corrected chi connectivity index (χ0v) is 23.8. The Morgan fingerprint density at radius 3 is 2.59 bits per heavy atom. The predicted molar refractivity (Wildman–Crippen MR) is 158 cm³/mol. The lowest BCUT2D eigenvalue weighted by molar-refractivity contribution is 0.0668. The highest BCUT2D eigenvalue weighted by atomic mass is 35.5. The third kappa shape index (κ3) is 5.19. The first-order chi connectivity index (χ1) is 19.0. The molecule has 208 valence electrons. The molecule has 2 aliphatic heterocycles. The van der Waals surface area contributed by atoms with E-state index in [-0.39, 0.29) is 0 Å². The summed E-state index contributed by atoms with van der Waals surface area (Å²) in [5.41, 5.74) is 6.48. The summed E-state index contributed by atoms with van der Waals surface area (Å²) in [5.74, 6) is -0.382. The lowest BCUT2D eigenvalue weighted by Gasteiger charge is -2.37. The van der Waals surface area contributed by atoms with Crippen LogP contribution in [0.15, 0.2) is 36.4 Å². The van der Waals surface area contributed by atoms with E-state index in [2.05, 4.69) is 32.6 Å². The van der Waals surface area contributed by atoms with Crippen LogP contribution in [-0.2, 0) is 11.3 Å². The van der Waals surface area contributed by atoms with Crippen LogP contribution >= 0.6 is 11.6 Å². The van der Waals surface area contributed by atoms with Crippen molar-refractivity contribution in [3.63, 3.8) is 0 Å². The van der Waals surface area contributed by atoms with Crippen LogP contribution in [0.4, 0.5) is 5.69 Å². The number of carbonyl (C=O) groups is 1. The molecule has 7 heteroatoms. The van der Waals surface area contributed by atoms with E-state index in [0.717, 1.165) is 49.9 Å². The van der Waals surface area contributed by atoms with Gasteiger partial charge in [-0.2, -0.15) is 0 Å². The maximum Gasteiger partial charge on any atom is 0.335 e. The molecule has 1 atom stereocenters. The first-order valence-electron chi connectivity index (χ1n) is 14.7. The van der Waals surface area contributed by atoms with Gasteiger partial charge in [0.2, 0.25) is 0 Å². The second kappa shape index (κ2) is 11.5. The van der Waals surface area contributed by atoms with Gasteiger partial charge in [0.05, 0.1) is 17.9 Å². The first-order valence-corrected chi connectivity index (χ1v) is 15.1. The van der Waals surface area contributed by atoms with E-state index in [1.54, 1.807) is 13.2 Å². The predicted octanol–water partition coefficient (Wildman–Crippen LogP) is 7.03. The lowest BCUT2D eigenvalue weighted by atomic mass is 9.81. The van der Waals surface area contributed by atoms with Crippen molar-refractivity contribution in [1.82, 2.24) is 9.47 Å². The summed E-state index contributed by atoms with van der Waals surface area (Å²) in [6, 6.07) is 12.6. The van der Waals surface area contributed by atoms with E-state index in [9.17, 15) is 9.90 Å². The van der Waals surface area contributed by atoms with Crippen LogP contribution in [0.25, 0.3) is 22.2 Å². The Kier molecular flexibility index (Phi) is 7.88. The van der Waals surface area contributed by atoms with Gasteiger partial charge >= 0.3 is 5.97 Å². The monoisotopic (exact) mass is 549 g/mol. The Morgan fingerprint density at radius 2 is 1.79 bits per heavy atom. The number of benzene rings is 2. The lowest BCUT2D eigenvalue weighted by Crippen LogP contribution is -2.46. The van der Waals surface area contributed by atoms with Crippen molar-refractivity contribution in [3.8, 4) is 11.3 Å². The number of hydrogen-bond donors (Lipinski definition) is 1. The van der Waals surface area contributed by atoms with Crippen LogP contribution in [0.3, 0.4) is 0 Å². The number of methoxy groups -OCH3 is 1. The standard InChI is InChI=1S/C32H40ClN3O3/c1-39-21-25-9-5-6-14-34(25)15-16-35-17-18-36-29-19-23(32(37)38)10-12-26(29)30(22-7-3-2-4-8-22)31(36)27-13-11-24(33)20-28(27)35/h10-13,19-20,22,25H,2-9,14-18,21H2,1H3,(H,37,38). The van der Waals surface area contributed by atoms with Gasteiger partial charge in [-0.05, 0) is 74.0 Å². The van der Waals surface area contributed by atoms with Gasteiger partial charge in [0, 0.05) is 66.5 Å². The molecule has 1 aromatic heterocycles. The Bertz CT molecular complexity index is 1340. The van der Waals surface area contributed by atoms with Gasteiger partial charge in [0.15, 0.2) is 0 Å². The number of fused-ring (bicyclic) bond motifs is 5. The van der Waals surface area contributed by atoms with Crippen LogP contribution in [-0.4, -0.2) is 66.5 Å². The number of rotatable bonds is 7. The first kappa shape index (κ1) is 26.7. The summed E-state index contributed by atoms with van der Waals surface area (Å²) < 4.78 is 7.96. The number of halogens is 1. The third-order valence-electron chi connectivity index (χ3n) is 9.28. The number of aromatic carboxylic acids is 1. The van der Waals surface area contributed by atoms with Crippen LogP contribution in [0.5, 0.6) is 0 Å². The van der Waals surface area contributed by atoms with Crippen molar-refractivity contribution >= 4 is 34.2 Å². The summed E-state index contributed by atoms with van der Waals surface area (Å²) in [6.45, 7) is 5.50. The zero-order chi connectivity index (χ0) is 26.9. The second-order valence-corrected chi connectivity index (χ2v) is 12.0. The van der Waals surface area contributed by atoms with Gasteiger partial charge in [-0.1, -0.05) is 43.4 Å². The quantitative estimate of drug-likeness (QED) is 0.343. The van der Waals surface area contributed by atoms with Crippen LogP contribution in [0.1, 0.15) is 73.2 Å². The molecule has 3 aromatic rings. The van der Waals surface area contributed by atoms with E-state index in [1.807, 2.05) is 12.1 Å². The number of likely N-dealkylation sites (tertiary alicyclic amines) is 1. The number of piperidine rings is 1. The molecule has 1 aliphatic carbocycles. The number of ether oxygens (including phenoxy) is 1. The highest BCUT2D eigenvalue weighted by Gasteiger charge is 2.31. The summed E-state index contributed by atoms with van der Waals surface area (Å²) in [7, 11) is 1.80. The largest absolute Gasteiger partial charge is 0.478 e. The van der Waals surface area contributed by atoms with E-state index in [4.69, 9.17) is 16.3 Å². The summed E-state index contributed by atoms with van der Waals surface area (Å²) in [5, 5.41) is 11.8. The Balaban J connectivity index is 1.43. The SMILES string of the molecule is COCC1CCCCN1CCN1CCn2c(c(C3CCCCC3)c3ccc(C(=O)O)cc32)-c2ccc(Cl)cc21. The van der Waals surface area contributed by atoms with E-state index >= 15 is 0 Å². The molecule has 3 heterocycles. The normalized spacial score (nSPS) is 20.6. The van der Waals surface area contributed by atoms with Crippen LogP contribution < -0.4 is 4.90 Å². The van der Waals surface area contributed by atoms with Gasteiger partial charge in [-0.25, -0.2) is 4.79 Å². The van der Waals surface area contributed by atoms with E-state index in [0.29, 0.717) is 17.5 Å². The molecule has 1 saturated carbocycles. The molecule has 6 rings (SSSR count). The minimum Gasteiger partial charge on any atom is -0.478 e. The van der Waals surface area contributed by atoms with Crippen LogP contribution in [0.2, 0.25) is 5.02 Å². The van der Waals surface area contributed by atoms with Crippen molar-refractivity contribution in [1.29, 1.82) is 0 Å². The molecule has 0 bridgehead atoms. The average molecular weight is 550 g/mol. The van der Waals surface area contributed by atoms with Crippen molar-refractivity contribution in [2.75, 3.05) is 44.8 Å². The Labute approximate surface area is 236 Å². The van der Waals surface area contributed by atoms with Crippen molar-refractivity contribution in [2.24, 2.45) is 0 Å². The van der Waals surface area contributed by atoms with Crippen molar-refractivity contribution in [2.45, 2.75) is 69.9 Å². The van der Waals surface area contributed by atoms with Gasteiger partial charge in [-0.3, -0.25) is 4.90 Å². The topological polar surface area (TPSA) is 57.9 Å². The minimum absolute atomic E-state index is 0.352. The maximum absolute atomic E-state index is 11.9. The molecule has 1 saturated heterocycles. The molecule has 1 N–H and O–H groups in total. The highest BCUT2D eigenvalue weighted by molar-refractivity contribution is 6.31. The highest BCUT2D eigenvalue weighted by Crippen LogP contribution is 2.48. The van der Waals surface area contributed by atoms with Crippen molar-refractivity contribution < 1.29 is 14.6 Å². The number of carboxylic acids is 1. The zero-order valence-electron chi connectivity index (χ0n) is 23.0. The van der Waals surface area contributed by atoms with Crippen LogP contribution in [0, 0.1) is 0 Å². The smallest absolute Gasteiger partial charge is 0.335 e. The number of carboxylic acid groups (broad SMARTS) is 1. The number of anilines is 1. The summed E-state index contributed by atoms with van der Waals surface area (Å²) in [4.78, 5) is 17.0. The number of hydrogen-bond acceptors (Lipinski definition) is 4. The molecule has 2 fully saturated rings. The molecular weight excluding hydrogens is 510 g/mol. The fraction of sp³-hybridized carbons (Fsp3) is 0.531. The summed E-state index contributed by atoms with van der Waals surface area (Å²) >= 11 is 6.63. The fourth-order valence-electron chi connectivity index (χ4n) is 7.36. The Morgan fingerprint density at radius 1 is 0.974 bits per heavy atom. The maximum atomic E-state index is 11.9. The van der Waals surface area contributed by atoms with Gasteiger partial charge in [-0.15, -0.1) is 0 Å². The fourth-order valence-corrected chi connectivity index (χ4v) is 7.53. The molecule has 1 unspecified atom stereocenters. The van der Waals surface area contributed by atoms with Crippen molar-refractivity contribution in [3.05, 3.63) is 52.5 Å².